The number of carbonyl (C=O) groups excluding carboxylic acids is 2. The van der Waals surface area contributed by atoms with Crippen molar-refractivity contribution >= 4 is 11.8 Å². The van der Waals surface area contributed by atoms with Crippen LogP contribution >= 0.6 is 0 Å². The first-order chi connectivity index (χ1) is 12.6. The third-order valence-corrected chi connectivity index (χ3v) is 4.72. The number of carbonyl (C=O) groups is 2. The first kappa shape index (κ1) is 18.1. The predicted molar refractivity (Wildman–Crippen MR) is 96.0 cm³/mol. The molecule has 1 fully saturated rings. The van der Waals surface area contributed by atoms with Gasteiger partial charge in [-0.15, -0.1) is 0 Å². The van der Waals surface area contributed by atoms with Gasteiger partial charge in [-0.2, -0.15) is 0 Å². The molecule has 0 bridgehead atoms. The van der Waals surface area contributed by atoms with Gasteiger partial charge < -0.3 is 15.2 Å². The quantitative estimate of drug-likeness (QED) is 0.757. The zero-order chi connectivity index (χ0) is 18.5. The summed E-state index contributed by atoms with van der Waals surface area (Å²) in [4.78, 5) is 35.0. The Bertz CT molecular complexity index is 760. The molecule has 1 saturated heterocycles. The number of imidazole rings is 1. The molecule has 0 aliphatic carbocycles. The van der Waals surface area contributed by atoms with Crippen molar-refractivity contribution in [3.8, 4) is 0 Å². The summed E-state index contributed by atoms with van der Waals surface area (Å²) in [7, 11) is 1.63. The number of aromatic nitrogens is 3. The van der Waals surface area contributed by atoms with Gasteiger partial charge in [-0.25, -0.2) is 4.98 Å². The zero-order valence-electron chi connectivity index (χ0n) is 15.1. The average Bonchev–Trinajstić information content (AvgIpc) is 3.21. The van der Waals surface area contributed by atoms with Crippen molar-refractivity contribution in [1.82, 2.24) is 30.1 Å². The number of nitrogens with zero attached hydrogens (tertiary/aromatic N) is 4. The Morgan fingerprint density at radius 3 is 2.65 bits per heavy atom. The van der Waals surface area contributed by atoms with Gasteiger partial charge in [0.2, 0.25) is 11.8 Å². The number of likely N-dealkylation sites (tertiary alicyclic amines) is 1. The highest BCUT2D eigenvalue weighted by molar-refractivity contribution is 5.82. The number of nitrogens with one attached hydrogen (secondary N) is 2. The molecule has 2 atom stereocenters. The van der Waals surface area contributed by atoms with Crippen molar-refractivity contribution in [3.05, 3.63) is 48.3 Å². The lowest BCUT2D eigenvalue weighted by molar-refractivity contribution is -0.126. The van der Waals surface area contributed by atoms with E-state index in [1.807, 2.05) is 19.1 Å². The van der Waals surface area contributed by atoms with E-state index in [1.54, 1.807) is 36.4 Å². The van der Waals surface area contributed by atoms with E-state index in [2.05, 4.69) is 25.5 Å². The number of hydrogen-bond acceptors (Lipinski definition) is 5. The Labute approximate surface area is 152 Å². The van der Waals surface area contributed by atoms with Crippen molar-refractivity contribution in [3.63, 3.8) is 0 Å². The summed E-state index contributed by atoms with van der Waals surface area (Å²) >= 11 is 0. The van der Waals surface area contributed by atoms with Crippen molar-refractivity contribution < 1.29 is 9.59 Å². The second-order valence-corrected chi connectivity index (χ2v) is 6.55. The first-order valence-electron chi connectivity index (χ1n) is 8.66. The van der Waals surface area contributed by atoms with Crippen molar-refractivity contribution in [2.45, 2.75) is 26.1 Å². The second-order valence-electron chi connectivity index (χ2n) is 6.55. The van der Waals surface area contributed by atoms with Crippen LogP contribution in [0.3, 0.4) is 0 Å². The van der Waals surface area contributed by atoms with Crippen LogP contribution in [-0.4, -0.2) is 57.4 Å². The van der Waals surface area contributed by atoms with E-state index in [1.165, 1.54) is 0 Å². The van der Waals surface area contributed by atoms with Crippen molar-refractivity contribution in [1.29, 1.82) is 0 Å². The van der Waals surface area contributed by atoms with E-state index in [4.69, 9.17) is 0 Å². The van der Waals surface area contributed by atoms with Crippen LogP contribution in [0.5, 0.6) is 0 Å². The molecule has 2 N–H and O–H groups in total. The molecule has 0 spiro atoms. The smallest absolute Gasteiger partial charge is 0.240 e. The van der Waals surface area contributed by atoms with Crippen LogP contribution in [0.15, 0.2) is 36.9 Å². The summed E-state index contributed by atoms with van der Waals surface area (Å²) in [6.45, 7) is 4.02. The molecule has 2 aromatic rings. The predicted octanol–water partition coefficient (Wildman–Crippen LogP) is -0.0507. The molecular formula is C18H24N6O2. The largest absolute Gasteiger partial charge is 0.359 e. The minimum absolute atomic E-state index is 0.0497. The topological polar surface area (TPSA) is 92.2 Å². The van der Waals surface area contributed by atoms with Gasteiger partial charge in [0.05, 0.1) is 12.0 Å². The van der Waals surface area contributed by atoms with Crippen LogP contribution in [0.2, 0.25) is 0 Å². The molecule has 0 radical (unpaired) electrons. The molecule has 0 saturated carbocycles. The van der Waals surface area contributed by atoms with E-state index < -0.39 is 0 Å². The van der Waals surface area contributed by atoms with Gasteiger partial charge in [-0.3, -0.25) is 19.5 Å². The number of hydrogen-bond donors (Lipinski definition) is 2. The highest BCUT2D eigenvalue weighted by atomic mass is 16.2. The van der Waals surface area contributed by atoms with Gasteiger partial charge in [0.25, 0.3) is 0 Å². The molecular weight excluding hydrogens is 332 g/mol. The summed E-state index contributed by atoms with van der Waals surface area (Å²) in [6.07, 6.45) is 6.96. The Kier molecular flexibility index (Phi) is 5.62. The maximum atomic E-state index is 12.4. The van der Waals surface area contributed by atoms with E-state index in [0.717, 1.165) is 17.9 Å². The first-order valence-corrected chi connectivity index (χ1v) is 8.66. The molecule has 1 aliphatic heterocycles. The summed E-state index contributed by atoms with van der Waals surface area (Å²) in [5.41, 5.74) is 1.14. The van der Waals surface area contributed by atoms with Gasteiger partial charge in [0.15, 0.2) is 0 Å². The normalized spacial score (nSPS) is 20.1. The molecule has 138 valence electrons. The third kappa shape index (κ3) is 4.26. The Balaban J connectivity index is 1.64. The van der Waals surface area contributed by atoms with Gasteiger partial charge in [0, 0.05) is 51.5 Å². The second kappa shape index (κ2) is 8.09. The van der Waals surface area contributed by atoms with Crippen molar-refractivity contribution in [2.75, 3.05) is 20.1 Å². The van der Waals surface area contributed by atoms with E-state index >= 15 is 0 Å². The fourth-order valence-corrected chi connectivity index (χ4v) is 3.34. The molecule has 8 nitrogen and oxygen atoms in total. The number of rotatable bonds is 6. The lowest BCUT2D eigenvalue weighted by atomic mass is 10.0. The maximum absolute atomic E-state index is 12.4. The fourth-order valence-electron chi connectivity index (χ4n) is 3.34. The highest BCUT2D eigenvalue weighted by Gasteiger charge is 2.38. The van der Waals surface area contributed by atoms with Gasteiger partial charge in [-0.05, 0) is 24.6 Å². The number of pyridine rings is 1. The molecule has 8 heteroatoms. The van der Waals surface area contributed by atoms with Gasteiger partial charge in [0.1, 0.15) is 12.4 Å². The molecule has 2 amide bonds. The summed E-state index contributed by atoms with van der Waals surface area (Å²) in [5.74, 6) is 0.352. The van der Waals surface area contributed by atoms with E-state index in [-0.39, 0.29) is 30.3 Å². The maximum Gasteiger partial charge on any atom is 0.240 e. The highest BCUT2D eigenvalue weighted by Crippen LogP contribution is 2.20. The number of aryl methyl sites for hydroxylation is 1. The lowest BCUT2D eigenvalue weighted by Gasteiger charge is -2.19. The van der Waals surface area contributed by atoms with Crippen LogP contribution in [0.25, 0.3) is 0 Å². The standard InChI is InChI=1S/C18H24N6O2/c1-13-21-7-8-24(13)12-17(25)22-16-11-23(10-15(16)18(26)19-2)9-14-3-5-20-6-4-14/h3-8,15-16H,9-12H2,1-2H3,(H,19,26)(H,22,25)/t15-,16-/m0/s1. The summed E-state index contributed by atoms with van der Waals surface area (Å²) < 4.78 is 1.79. The minimum atomic E-state index is -0.269. The Morgan fingerprint density at radius 2 is 2.00 bits per heavy atom. The van der Waals surface area contributed by atoms with Crippen molar-refractivity contribution in [2.24, 2.45) is 5.92 Å². The monoisotopic (exact) mass is 356 g/mol. The molecule has 0 unspecified atom stereocenters. The summed E-state index contributed by atoms with van der Waals surface area (Å²) in [6, 6.07) is 3.71. The molecule has 26 heavy (non-hydrogen) atoms. The fraction of sp³-hybridized carbons (Fsp3) is 0.444. The van der Waals surface area contributed by atoms with Crippen LogP contribution in [0, 0.1) is 12.8 Å². The van der Waals surface area contributed by atoms with Gasteiger partial charge in [-0.1, -0.05) is 0 Å². The van der Waals surface area contributed by atoms with Crippen LogP contribution in [-0.2, 0) is 22.7 Å². The number of amides is 2. The van der Waals surface area contributed by atoms with E-state index in [0.29, 0.717) is 13.1 Å². The molecule has 0 aromatic carbocycles. The summed E-state index contributed by atoms with van der Waals surface area (Å²) in [5, 5.41) is 5.73. The van der Waals surface area contributed by atoms with Gasteiger partial charge >= 0.3 is 0 Å². The van der Waals surface area contributed by atoms with Crippen LogP contribution in [0.1, 0.15) is 11.4 Å². The van der Waals surface area contributed by atoms with E-state index in [9.17, 15) is 9.59 Å². The Morgan fingerprint density at radius 1 is 1.23 bits per heavy atom. The molecule has 1 aliphatic rings. The van der Waals surface area contributed by atoms with Crippen LogP contribution in [0.4, 0.5) is 0 Å². The average molecular weight is 356 g/mol. The Hall–Kier alpha value is -2.74. The molecule has 2 aromatic heterocycles. The SMILES string of the molecule is CNC(=O)[C@H]1CN(Cc2ccncc2)C[C@@H]1NC(=O)Cn1ccnc1C. The minimum Gasteiger partial charge on any atom is -0.359 e. The zero-order valence-corrected chi connectivity index (χ0v) is 15.1. The molecule has 3 rings (SSSR count). The third-order valence-electron chi connectivity index (χ3n) is 4.72. The lowest BCUT2D eigenvalue weighted by Crippen LogP contribution is -2.46. The van der Waals surface area contributed by atoms with Crippen LogP contribution < -0.4 is 10.6 Å². The molecule has 3 heterocycles.